The third kappa shape index (κ3) is 4.11. The van der Waals surface area contributed by atoms with Gasteiger partial charge in [-0.3, -0.25) is 4.79 Å². The Hall–Kier alpha value is -1.22. The number of para-hydroxylation sites is 1. The number of alkyl halides is 1. The molecular formula is C12H17ClN2O. The first-order chi connectivity index (χ1) is 7.77. The molecule has 0 aliphatic heterocycles. The number of anilines is 1. The van der Waals surface area contributed by atoms with Crippen LogP contribution < -0.4 is 10.2 Å². The molecule has 0 aromatic heterocycles. The summed E-state index contributed by atoms with van der Waals surface area (Å²) in [4.78, 5) is 13.2. The highest BCUT2D eigenvalue weighted by atomic mass is 35.5. The lowest BCUT2D eigenvalue weighted by molar-refractivity contribution is -0.118. The van der Waals surface area contributed by atoms with Gasteiger partial charge in [0.2, 0.25) is 5.91 Å². The van der Waals surface area contributed by atoms with Crippen molar-refractivity contribution in [3.05, 3.63) is 30.3 Å². The highest BCUT2D eigenvalue weighted by Gasteiger charge is 2.03. The number of benzene rings is 1. The van der Waals surface area contributed by atoms with Crippen LogP contribution in [-0.2, 0) is 4.79 Å². The van der Waals surface area contributed by atoms with Gasteiger partial charge in [-0.2, -0.15) is 0 Å². The van der Waals surface area contributed by atoms with Crippen molar-refractivity contribution in [2.75, 3.05) is 30.4 Å². The SMILES string of the molecule is CCN(CCNC(=O)CCl)c1ccccc1. The number of halogens is 1. The zero-order chi connectivity index (χ0) is 11.8. The molecule has 88 valence electrons. The number of carbonyl (C=O) groups excluding carboxylic acids is 1. The number of nitrogens with one attached hydrogen (secondary N) is 1. The largest absolute Gasteiger partial charge is 0.370 e. The van der Waals surface area contributed by atoms with E-state index in [4.69, 9.17) is 11.6 Å². The lowest BCUT2D eigenvalue weighted by atomic mass is 10.3. The highest BCUT2D eigenvalue weighted by molar-refractivity contribution is 6.27. The maximum absolute atomic E-state index is 11.0. The lowest BCUT2D eigenvalue weighted by Gasteiger charge is -2.23. The number of rotatable bonds is 6. The summed E-state index contributed by atoms with van der Waals surface area (Å²) in [6, 6.07) is 10.1. The average molecular weight is 241 g/mol. The quantitative estimate of drug-likeness (QED) is 0.770. The predicted molar refractivity (Wildman–Crippen MR) is 68.1 cm³/mol. The summed E-state index contributed by atoms with van der Waals surface area (Å²) in [5, 5.41) is 2.75. The van der Waals surface area contributed by atoms with Crippen molar-refractivity contribution in [2.45, 2.75) is 6.92 Å². The van der Waals surface area contributed by atoms with Crippen LogP contribution in [-0.4, -0.2) is 31.4 Å². The van der Waals surface area contributed by atoms with Crippen LogP contribution in [0.2, 0.25) is 0 Å². The second-order valence-corrected chi connectivity index (χ2v) is 3.67. The molecule has 1 rings (SSSR count). The first kappa shape index (κ1) is 12.8. The molecule has 16 heavy (non-hydrogen) atoms. The van der Waals surface area contributed by atoms with Gasteiger partial charge in [0.1, 0.15) is 5.88 Å². The van der Waals surface area contributed by atoms with Crippen LogP contribution in [0.4, 0.5) is 5.69 Å². The van der Waals surface area contributed by atoms with E-state index in [-0.39, 0.29) is 11.8 Å². The van der Waals surface area contributed by atoms with Crippen LogP contribution in [0.1, 0.15) is 6.92 Å². The molecule has 0 aliphatic rings. The van der Waals surface area contributed by atoms with Gasteiger partial charge in [0.25, 0.3) is 0 Å². The molecule has 0 radical (unpaired) electrons. The van der Waals surface area contributed by atoms with Gasteiger partial charge in [-0.25, -0.2) is 0 Å². The Balaban J connectivity index is 2.41. The van der Waals surface area contributed by atoms with Crippen molar-refractivity contribution in [1.29, 1.82) is 0 Å². The number of carbonyl (C=O) groups is 1. The fourth-order valence-electron chi connectivity index (χ4n) is 1.49. The lowest BCUT2D eigenvalue weighted by Crippen LogP contribution is -2.35. The molecular weight excluding hydrogens is 224 g/mol. The summed E-state index contributed by atoms with van der Waals surface area (Å²) in [6.07, 6.45) is 0. The van der Waals surface area contributed by atoms with E-state index in [2.05, 4.69) is 29.3 Å². The molecule has 0 aliphatic carbocycles. The van der Waals surface area contributed by atoms with Gasteiger partial charge in [0, 0.05) is 25.3 Å². The Labute approximate surface area is 101 Å². The van der Waals surface area contributed by atoms with Crippen LogP contribution in [0.3, 0.4) is 0 Å². The molecule has 0 heterocycles. The van der Waals surface area contributed by atoms with Gasteiger partial charge in [-0.05, 0) is 19.1 Å². The third-order valence-corrected chi connectivity index (χ3v) is 2.57. The smallest absolute Gasteiger partial charge is 0.234 e. The van der Waals surface area contributed by atoms with Gasteiger partial charge < -0.3 is 10.2 Å². The Kier molecular flexibility index (Phi) is 5.72. The van der Waals surface area contributed by atoms with E-state index < -0.39 is 0 Å². The minimum atomic E-state index is -0.120. The van der Waals surface area contributed by atoms with Gasteiger partial charge in [-0.15, -0.1) is 11.6 Å². The van der Waals surface area contributed by atoms with Crippen LogP contribution >= 0.6 is 11.6 Å². The number of hydrogen-bond donors (Lipinski definition) is 1. The van der Waals surface area contributed by atoms with Gasteiger partial charge >= 0.3 is 0 Å². The van der Waals surface area contributed by atoms with Crippen molar-refractivity contribution < 1.29 is 4.79 Å². The van der Waals surface area contributed by atoms with E-state index in [9.17, 15) is 4.79 Å². The van der Waals surface area contributed by atoms with Crippen molar-refractivity contribution in [3.8, 4) is 0 Å². The Bertz CT molecular complexity index is 316. The molecule has 1 aromatic rings. The molecule has 0 atom stereocenters. The van der Waals surface area contributed by atoms with Crippen LogP contribution in [0.15, 0.2) is 30.3 Å². The van der Waals surface area contributed by atoms with Crippen molar-refractivity contribution in [3.63, 3.8) is 0 Å². The summed E-state index contributed by atoms with van der Waals surface area (Å²) in [6.45, 7) is 4.43. The minimum absolute atomic E-state index is 0.0253. The molecule has 0 fully saturated rings. The molecule has 1 aromatic carbocycles. The summed E-state index contributed by atoms with van der Waals surface area (Å²) in [5.74, 6) is -0.0944. The van der Waals surface area contributed by atoms with E-state index in [0.29, 0.717) is 6.54 Å². The molecule has 1 N–H and O–H groups in total. The maximum atomic E-state index is 11.0. The zero-order valence-corrected chi connectivity index (χ0v) is 10.2. The summed E-state index contributed by atoms with van der Waals surface area (Å²) in [5.41, 5.74) is 1.17. The van der Waals surface area contributed by atoms with E-state index >= 15 is 0 Å². The van der Waals surface area contributed by atoms with E-state index in [1.54, 1.807) is 0 Å². The molecule has 0 spiro atoms. The molecule has 3 nitrogen and oxygen atoms in total. The first-order valence-electron chi connectivity index (χ1n) is 5.40. The number of nitrogens with zero attached hydrogens (tertiary/aromatic N) is 1. The second-order valence-electron chi connectivity index (χ2n) is 3.40. The average Bonchev–Trinajstić information content (AvgIpc) is 2.35. The standard InChI is InChI=1S/C12H17ClN2O/c1-2-15(9-8-14-12(16)10-13)11-6-4-3-5-7-11/h3-7H,2,8-10H2,1H3,(H,14,16). The van der Waals surface area contributed by atoms with Crippen molar-refractivity contribution >= 4 is 23.2 Å². The molecule has 0 saturated heterocycles. The highest BCUT2D eigenvalue weighted by Crippen LogP contribution is 2.11. The van der Waals surface area contributed by atoms with Gasteiger partial charge in [-0.1, -0.05) is 18.2 Å². The van der Waals surface area contributed by atoms with E-state index in [0.717, 1.165) is 13.1 Å². The third-order valence-electron chi connectivity index (χ3n) is 2.33. The Morgan fingerprint density at radius 2 is 2.06 bits per heavy atom. The van der Waals surface area contributed by atoms with Crippen molar-refractivity contribution in [1.82, 2.24) is 5.32 Å². The monoisotopic (exact) mass is 240 g/mol. The summed E-state index contributed by atoms with van der Waals surface area (Å²) < 4.78 is 0. The topological polar surface area (TPSA) is 32.3 Å². The van der Waals surface area contributed by atoms with Crippen LogP contribution in [0.25, 0.3) is 0 Å². The fourth-order valence-corrected chi connectivity index (χ4v) is 1.58. The normalized spacial score (nSPS) is 9.88. The van der Waals surface area contributed by atoms with E-state index in [1.165, 1.54) is 5.69 Å². The molecule has 0 bridgehead atoms. The maximum Gasteiger partial charge on any atom is 0.234 e. The molecule has 0 saturated carbocycles. The number of hydrogen-bond acceptors (Lipinski definition) is 2. The fraction of sp³-hybridized carbons (Fsp3) is 0.417. The first-order valence-corrected chi connectivity index (χ1v) is 5.94. The summed E-state index contributed by atoms with van der Waals surface area (Å²) >= 11 is 5.39. The Morgan fingerprint density at radius 1 is 1.38 bits per heavy atom. The second kappa shape index (κ2) is 7.12. The Morgan fingerprint density at radius 3 is 2.62 bits per heavy atom. The van der Waals surface area contributed by atoms with Crippen molar-refractivity contribution in [2.24, 2.45) is 0 Å². The molecule has 1 amide bonds. The predicted octanol–water partition coefficient (Wildman–Crippen LogP) is 1.87. The van der Waals surface area contributed by atoms with Gasteiger partial charge in [0.15, 0.2) is 0 Å². The van der Waals surface area contributed by atoms with Crippen LogP contribution in [0.5, 0.6) is 0 Å². The van der Waals surface area contributed by atoms with Gasteiger partial charge in [0.05, 0.1) is 0 Å². The van der Waals surface area contributed by atoms with Crippen LogP contribution in [0, 0.1) is 0 Å². The molecule has 0 unspecified atom stereocenters. The number of likely N-dealkylation sites (N-methyl/N-ethyl adjacent to an activating group) is 1. The van der Waals surface area contributed by atoms with E-state index in [1.807, 2.05) is 18.2 Å². The summed E-state index contributed by atoms with van der Waals surface area (Å²) in [7, 11) is 0. The zero-order valence-electron chi connectivity index (χ0n) is 9.45. The minimum Gasteiger partial charge on any atom is -0.370 e. The molecule has 4 heteroatoms. The number of amides is 1.